The van der Waals surface area contributed by atoms with Crippen LogP contribution in [0.3, 0.4) is 0 Å². The summed E-state index contributed by atoms with van der Waals surface area (Å²) in [5, 5.41) is 10.5. The third kappa shape index (κ3) is 5.70. The number of ketones is 1. The minimum atomic E-state index is -1.03. The van der Waals surface area contributed by atoms with E-state index in [1.165, 1.54) is 44.9 Å². The molecule has 2 aliphatic rings. The minimum Gasteiger partial charge on any atom is -0.508 e. The van der Waals surface area contributed by atoms with Crippen LogP contribution in [0, 0.1) is 0 Å². The second-order valence-corrected chi connectivity index (χ2v) is 10.3. The maximum absolute atomic E-state index is 13.3. The number of rotatable bonds is 14. The van der Waals surface area contributed by atoms with Crippen LogP contribution < -0.4 is 4.74 Å². The van der Waals surface area contributed by atoms with Gasteiger partial charge in [0.1, 0.15) is 11.5 Å². The van der Waals surface area contributed by atoms with Crippen LogP contribution >= 0.6 is 0 Å². The van der Waals surface area contributed by atoms with Crippen LogP contribution in [0.1, 0.15) is 124 Å². The van der Waals surface area contributed by atoms with Crippen LogP contribution in [0.25, 0.3) is 6.08 Å². The molecule has 0 saturated carbocycles. The Labute approximate surface area is 216 Å². The molecule has 36 heavy (non-hydrogen) atoms. The van der Waals surface area contributed by atoms with Gasteiger partial charge in [-0.15, -0.1) is 0 Å². The highest BCUT2D eigenvalue weighted by Gasteiger charge is 2.49. The van der Waals surface area contributed by atoms with Crippen molar-refractivity contribution in [2.45, 2.75) is 110 Å². The van der Waals surface area contributed by atoms with Gasteiger partial charge in [-0.3, -0.25) is 4.79 Å². The van der Waals surface area contributed by atoms with Crippen molar-refractivity contribution in [3.8, 4) is 11.5 Å². The van der Waals surface area contributed by atoms with E-state index < -0.39 is 5.79 Å². The Kier molecular flexibility index (Phi) is 9.25. The van der Waals surface area contributed by atoms with E-state index in [4.69, 9.17) is 9.47 Å². The number of carbonyl (C=O) groups is 1. The second kappa shape index (κ2) is 12.6. The summed E-state index contributed by atoms with van der Waals surface area (Å²) >= 11 is 0. The minimum absolute atomic E-state index is 0.186. The van der Waals surface area contributed by atoms with Crippen molar-refractivity contribution in [1.29, 1.82) is 0 Å². The first kappa shape index (κ1) is 26.5. The van der Waals surface area contributed by atoms with Gasteiger partial charge in [0.25, 0.3) is 5.79 Å². The van der Waals surface area contributed by atoms with Gasteiger partial charge in [0.2, 0.25) is 0 Å². The van der Waals surface area contributed by atoms with Crippen LogP contribution in [-0.2, 0) is 17.1 Å². The molecule has 0 radical (unpaired) electrons. The van der Waals surface area contributed by atoms with Gasteiger partial charge >= 0.3 is 0 Å². The number of phenolic OH excluding ortho intramolecular Hbond substituents is 1. The van der Waals surface area contributed by atoms with Crippen LogP contribution in [-0.4, -0.2) is 10.9 Å². The van der Waals surface area contributed by atoms with E-state index in [-0.39, 0.29) is 11.5 Å². The topological polar surface area (TPSA) is 55.8 Å². The lowest BCUT2D eigenvalue weighted by atomic mass is 9.86. The van der Waals surface area contributed by atoms with Gasteiger partial charge in [0, 0.05) is 34.2 Å². The number of unbranched alkanes of at least 4 members (excludes halogenated alkanes) is 9. The molecule has 1 N–H and O–H groups in total. The Balaban J connectivity index is 1.59. The highest BCUT2D eigenvalue weighted by Crippen LogP contribution is 2.51. The molecular formula is C32H42O4. The van der Waals surface area contributed by atoms with Crippen molar-refractivity contribution in [3.05, 3.63) is 64.2 Å². The number of phenols is 1. The summed E-state index contributed by atoms with van der Waals surface area (Å²) in [7, 11) is 0. The predicted molar refractivity (Wildman–Crippen MR) is 145 cm³/mol. The summed E-state index contributed by atoms with van der Waals surface area (Å²) in [5.74, 6) is 0.0664. The maximum Gasteiger partial charge on any atom is 0.261 e. The SMILES string of the molecule is CCCCCCCCC(=O)c1cccc2c1C=C(CCCCCCC)[C@@]1(OCc3c(O)cccc31)O2. The van der Waals surface area contributed by atoms with Crippen LogP contribution in [0.15, 0.2) is 42.0 Å². The number of Topliss-reactive ketones (excluding diaryl/α,β-unsaturated/α-hetero) is 1. The summed E-state index contributed by atoms with van der Waals surface area (Å²) in [6.45, 7) is 4.75. The van der Waals surface area contributed by atoms with Crippen LogP contribution in [0.5, 0.6) is 11.5 Å². The van der Waals surface area contributed by atoms with E-state index in [0.29, 0.717) is 18.8 Å². The molecule has 1 atom stereocenters. The van der Waals surface area contributed by atoms with E-state index >= 15 is 0 Å². The smallest absolute Gasteiger partial charge is 0.261 e. The first-order valence-corrected chi connectivity index (χ1v) is 14.1. The lowest BCUT2D eigenvalue weighted by Gasteiger charge is -2.37. The molecule has 4 nitrogen and oxygen atoms in total. The summed E-state index contributed by atoms with van der Waals surface area (Å²) in [4.78, 5) is 13.3. The molecule has 0 bridgehead atoms. The third-order valence-electron chi connectivity index (χ3n) is 7.59. The predicted octanol–water partition coefficient (Wildman–Crippen LogP) is 8.85. The summed E-state index contributed by atoms with van der Waals surface area (Å²) in [6.07, 6.45) is 16.4. The molecule has 0 aromatic heterocycles. The molecule has 4 rings (SSSR count). The second-order valence-electron chi connectivity index (χ2n) is 10.3. The maximum atomic E-state index is 13.3. The molecule has 0 saturated heterocycles. The Morgan fingerprint density at radius 3 is 2.36 bits per heavy atom. The first-order chi connectivity index (χ1) is 17.6. The monoisotopic (exact) mass is 490 g/mol. The Hall–Kier alpha value is -2.59. The number of carbonyl (C=O) groups excluding carboxylic acids is 1. The molecule has 2 aromatic carbocycles. The Morgan fingerprint density at radius 1 is 0.889 bits per heavy atom. The van der Waals surface area contributed by atoms with Gasteiger partial charge < -0.3 is 14.6 Å². The molecule has 0 unspecified atom stereocenters. The van der Waals surface area contributed by atoms with Gasteiger partial charge in [-0.1, -0.05) is 95.9 Å². The average molecular weight is 491 g/mol. The lowest BCUT2D eigenvalue weighted by molar-refractivity contribution is -0.156. The van der Waals surface area contributed by atoms with Gasteiger partial charge in [-0.05, 0) is 37.5 Å². The van der Waals surface area contributed by atoms with Crippen molar-refractivity contribution in [3.63, 3.8) is 0 Å². The molecule has 0 amide bonds. The highest BCUT2D eigenvalue weighted by atomic mass is 16.7. The zero-order valence-electron chi connectivity index (χ0n) is 22.1. The molecule has 2 aromatic rings. The average Bonchev–Trinajstić information content (AvgIpc) is 3.25. The van der Waals surface area contributed by atoms with E-state index in [1.807, 2.05) is 30.3 Å². The molecule has 2 aliphatic heterocycles. The van der Waals surface area contributed by atoms with Gasteiger partial charge in [-0.25, -0.2) is 0 Å². The van der Waals surface area contributed by atoms with E-state index in [2.05, 4.69) is 19.9 Å². The number of hydrogen-bond acceptors (Lipinski definition) is 4. The van der Waals surface area contributed by atoms with Crippen molar-refractivity contribution in [2.24, 2.45) is 0 Å². The fourth-order valence-electron chi connectivity index (χ4n) is 5.51. The van der Waals surface area contributed by atoms with Crippen molar-refractivity contribution in [2.75, 3.05) is 0 Å². The first-order valence-electron chi connectivity index (χ1n) is 14.1. The molecular weight excluding hydrogens is 448 g/mol. The van der Waals surface area contributed by atoms with Gasteiger partial charge in [0.15, 0.2) is 5.78 Å². The van der Waals surface area contributed by atoms with Crippen molar-refractivity contribution >= 4 is 11.9 Å². The summed E-state index contributed by atoms with van der Waals surface area (Å²) in [5.41, 5.74) is 4.31. The normalized spacial score (nSPS) is 18.0. The Bertz CT molecular complexity index is 1070. The summed E-state index contributed by atoms with van der Waals surface area (Å²) in [6, 6.07) is 11.3. The fourth-order valence-corrected chi connectivity index (χ4v) is 5.51. The van der Waals surface area contributed by atoms with Gasteiger partial charge in [-0.2, -0.15) is 0 Å². The zero-order valence-corrected chi connectivity index (χ0v) is 22.1. The quantitative estimate of drug-likeness (QED) is 0.212. The Morgan fingerprint density at radius 2 is 1.58 bits per heavy atom. The number of aromatic hydroxyl groups is 1. The molecule has 2 heterocycles. The molecule has 4 heteroatoms. The van der Waals surface area contributed by atoms with E-state index in [0.717, 1.165) is 59.9 Å². The largest absolute Gasteiger partial charge is 0.508 e. The highest BCUT2D eigenvalue weighted by molar-refractivity contribution is 6.00. The van der Waals surface area contributed by atoms with Crippen LogP contribution in [0.2, 0.25) is 0 Å². The summed E-state index contributed by atoms with van der Waals surface area (Å²) < 4.78 is 13.0. The fraction of sp³-hybridized carbons (Fsp3) is 0.531. The molecule has 194 valence electrons. The van der Waals surface area contributed by atoms with Crippen LogP contribution in [0.4, 0.5) is 0 Å². The van der Waals surface area contributed by atoms with Crippen molar-refractivity contribution < 1.29 is 19.4 Å². The van der Waals surface area contributed by atoms with Gasteiger partial charge in [0.05, 0.1) is 6.61 Å². The number of ether oxygens (including phenoxy) is 2. The zero-order chi connectivity index (χ0) is 25.4. The molecule has 0 fully saturated rings. The van der Waals surface area contributed by atoms with E-state index in [9.17, 15) is 9.90 Å². The van der Waals surface area contributed by atoms with Crippen molar-refractivity contribution in [1.82, 2.24) is 0 Å². The number of benzene rings is 2. The third-order valence-corrected chi connectivity index (χ3v) is 7.59. The molecule has 1 spiro atoms. The number of fused-ring (bicyclic) bond motifs is 3. The standard InChI is InChI=1S/C32H42O4/c1-3-5-7-9-11-13-19-29(33)25-17-14-21-31-26(25)22-24(16-12-10-8-6-4-2)32(36-31)28-18-15-20-30(34)27(28)23-35-32/h14-15,17-18,20-22,34H,3-13,16,19,23H2,1-2H3/t32-/m1/s1. The molecule has 0 aliphatic carbocycles. The lowest BCUT2D eigenvalue weighted by Crippen LogP contribution is -2.37. The number of hydrogen-bond donors (Lipinski definition) is 1. The van der Waals surface area contributed by atoms with E-state index in [1.54, 1.807) is 6.07 Å².